The molecular weight excluding hydrogens is 384 g/mol. The van der Waals surface area contributed by atoms with Crippen LogP contribution in [0.2, 0.25) is 0 Å². The molecule has 0 aliphatic heterocycles. The number of ether oxygens (including phenoxy) is 1. The zero-order chi connectivity index (χ0) is 20.3. The summed E-state index contributed by atoms with van der Waals surface area (Å²) in [5.74, 6) is -0.537. The minimum Gasteiger partial charge on any atom is -0.508 e. The number of halogens is 1. The molecule has 0 saturated heterocycles. The molecule has 146 valence electrons. The standard InChI is InChI=1S/C20H19ClN2O5/c1-3-22-20(26)18-17(11-4-6-14(27-2)7-5-11)19(28-23-18)12-8-13(24)10-16(25)15(21)9-12/h4-10,12,24-25H,3H2,1-2H3,(H,22,26). The second kappa shape index (κ2) is 8.22. The summed E-state index contributed by atoms with van der Waals surface area (Å²) in [6, 6.07) is 7.06. The van der Waals surface area contributed by atoms with E-state index in [4.69, 9.17) is 20.9 Å². The number of nitrogens with zero attached hydrogens (tertiary/aromatic N) is 1. The van der Waals surface area contributed by atoms with E-state index < -0.39 is 5.92 Å². The van der Waals surface area contributed by atoms with Gasteiger partial charge in [0.15, 0.2) is 11.5 Å². The van der Waals surface area contributed by atoms with E-state index in [1.807, 2.05) is 0 Å². The van der Waals surface area contributed by atoms with Crippen LogP contribution in [0.4, 0.5) is 0 Å². The quantitative estimate of drug-likeness (QED) is 0.692. The highest BCUT2D eigenvalue weighted by Crippen LogP contribution is 2.37. The number of carbonyl (C=O) groups is 1. The first-order valence-corrected chi connectivity index (χ1v) is 8.93. The van der Waals surface area contributed by atoms with Gasteiger partial charge in [-0.05, 0) is 36.8 Å². The molecule has 0 radical (unpaired) electrons. The minimum atomic E-state index is -0.652. The molecule has 28 heavy (non-hydrogen) atoms. The number of benzene rings is 1. The number of aliphatic hydroxyl groups excluding tert-OH is 2. The maximum atomic E-state index is 12.5. The molecule has 1 aliphatic carbocycles. The lowest BCUT2D eigenvalue weighted by Crippen LogP contribution is -2.23. The van der Waals surface area contributed by atoms with Crippen molar-refractivity contribution in [2.24, 2.45) is 0 Å². The third kappa shape index (κ3) is 3.89. The molecule has 3 N–H and O–H groups in total. The van der Waals surface area contributed by atoms with Crippen molar-refractivity contribution in [1.29, 1.82) is 0 Å². The first-order chi connectivity index (χ1) is 13.4. The molecule has 8 heteroatoms. The van der Waals surface area contributed by atoms with Crippen molar-refractivity contribution < 1.29 is 24.3 Å². The van der Waals surface area contributed by atoms with Gasteiger partial charge in [0.2, 0.25) is 0 Å². The third-order valence-electron chi connectivity index (χ3n) is 4.16. The van der Waals surface area contributed by atoms with Gasteiger partial charge in [0.05, 0.1) is 23.6 Å². The van der Waals surface area contributed by atoms with Crippen LogP contribution in [-0.4, -0.2) is 34.9 Å². The summed E-state index contributed by atoms with van der Waals surface area (Å²) in [7, 11) is 1.56. The molecule has 7 nitrogen and oxygen atoms in total. The molecule has 3 rings (SSSR count). The Morgan fingerprint density at radius 3 is 2.64 bits per heavy atom. The van der Waals surface area contributed by atoms with Gasteiger partial charge in [-0.15, -0.1) is 0 Å². The van der Waals surface area contributed by atoms with Crippen LogP contribution in [-0.2, 0) is 0 Å². The van der Waals surface area contributed by atoms with Gasteiger partial charge >= 0.3 is 0 Å². The van der Waals surface area contributed by atoms with Crippen molar-refractivity contribution in [3.63, 3.8) is 0 Å². The van der Waals surface area contributed by atoms with Crippen LogP contribution < -0.4 is 10.1 Å². The predicted molar refractivity (Wildman–Crippen MR) is 105 cm³/mol. The Kier molecular flexibility index (Phi) is 5.75. The molecule has 1 aromatic heterocycles. The number of hydrogen-bond acceptors (Lipinski definition) is 6. The molecule has 1 amide bonds. The average Bonchev–Trinajstić information content (AvgIpc) is 3.07. The molecule has 0 bridgehead atoms. The first kappa shape index (κ1) is 19.6. The topological polar surface area (TPSA) is 105 Å². The average molecular weight is 403 g/mol. The fourth-order valence-electron chi connectivity index (χ4n) is 2.85. The predicted octanol–water partition coefficient (Wildman–Crippen LogP) is 4.20. The summed E-state index contributed by atoms with van der Waals surface area (Å²) < 4.78 is 10.7. The molecule has 0 fully saturated rings. The lowest BCUT2D eigenvalue weighted by atomic mass is 9.95. The SMILES string of the molecule is CCNC(=O)c1noc(C2C=C(O)C=C(O)C(Cl)=C2)c1-c1ccc(OC)cc1. The molecule has 0 spiro atoms. The zero-order valence-electron chi connectivity index (χ0n) is 15.3. The minimum absolute atomic E-state index is 0.0435. The second-order valence-corrected chi connectivity index (χ2v) is 6.43. The first-order valence-electron chi connectivity index (χ1n) is 8.56. The maximum absolute atomic E-state index is 12.5. The Labute approximate surface area is 166 Å². The third-order valence-corrected chi connectivity index (χ3v) is 4.48. The second-order valence-electron chi connectivity index (χ2n) is 6.02. The van der Waals surface area contributed by atoms with E-state index in [1.54, 1.807) is 38.3 Å². The van der Waals surface area contributed by atoms with Gasteiger partial charge in [0.1, 0.15) is 17.3 Å². The summed E-state index contributed by atoms with van der Waals surface area (Å²) in [4.78, 5) is 12.5. The molecule has 1 unspecified atom stereocenters. The molecule has 1 heterocycles. The number of amides is 1. The van der Waals surface area contributed by atoms with Gasteiger partial charge in [0.25, 0.3) is 5.91 Å². The summed E-state index contributed by atoms with van der Waals surface area (Å²) in [6.07, 6.45) is 4.08. The Bertz CT molecular complexity index is 973. The Balaban J connectivity index is 2.16. The molecule has 1 aliphatic rings. The summed E-state index contributed by atoms with van der Waals surface area (Å²) in [5, 5.41) is 26.5. The monoisotopic (exact) mass is 402 g/mol. The van der Waals surface area contributed by atoms with E-state index in [0.29, 0.717) is 29.2 Å². The number of rotatable bonds is 5. The molecular formula is C20H19ClN2O5. The number of carbonyl (C=O) groups excluding carboxylic acids is 1. The van der Waals surface area contributed by atoms with Crippen LogP contribution >= 0.6 is 11.6 Å². The van der Waals surface area contributed by atoms with Crippen LogP contribution in [0.1, 0.15) is 29.1 Å². The van der Waals surface area contributed by atoms with Gasteiger partial charge < -0.3 is 24.8 Å². The van der Waals surface area contributed by atoms with E-state index in [9.17, 15) is 15.0 Å². The lowest BCUT2D eigenvalue weighted by Gasteiger charge is -2.09. The van der Waals surface area contributed by atoms with Gasteiger partial charge in [-0.25, -0.2) is 0 Å². The Morgan fingerprint density at radius 1 is 1.29 bits per heavy atom. The Morgan fingerprint density at radius 2 is 2.00 bits per heavy atom. The zero-order valence-corrected chi connectivity index (χ0v) is 16.0. The van der Waals surface area contributed by atoms with E-state index in [0.717, 1.165) is 6.08 Å². The number of aromatic nitrogens is 1. The largest absolute Gasteiger partial charge is 0.508 e. The summed E-state index contributed by atoms with van der Waals surface area (Å²) in [6.45, 7) is 2.23. The number of nitrogens with one attached hydrogen (secondary N) is 1. The highest BCUT2D eigenvalue weighted by atomic mass is 35.5. The number of methoxy groups -OCH3 is 1. The number of hydrogen-bond donors (Lipinski definition) is 3. The normalized spacial score (nSPS) is 16.5. The van der Waals surface area contributed by atoms with E-state index in [1.165, 1.54) is 12.2 Å². The van der Waals surface area contributed by atoms with Crippen LogP contribution in [0.3, 0.4) is 0 Å². The van der Waals surface area contributed by atoms with Crippen LogP contribution in [0.25, 0.3) is 11.1 Å². The summed E-state index contributed by atoms with van der Waals surface area (Å²) >= 11 is 6.08. The fraction of sp³-hybridized carbons (Fsp3) is 0.200. The fourth-order valence-corrected chi connectivity index (χ4v) is 3.04. The van der Waals surface area contributed by atoms with E-state index in [-0.39, 0.29) is 28.2 Å². The number of allylic oxidation sites excluding steroid dienone is 4. The molecule has 1 aromatic carbocycles. The van der Waals surface area contributed by atoms with Crippen molar-refractivity contribution in [3.05, 3.63) is 70.5 Å². The van der Waals surface area contributed by atoms with Gasteiger partial charge in [-0.3, -0.25) is 4.79 Å². The smallest absolute Gasteiger partial charge is 0.274 e. The van der Waals surface area contributed by atoms with Crippen LogP contribution in [0.5, 0.6) is 5.75 Å². The maximum Gasteiger partial charge on any atom is 0.274 e. The highest BCUT2D eigenvalue weighted by Gasteiger charge is 2.28. The van der Waals surface area contributed by atoms with Crippen molar-refractivity contribution in [2.75, 3.05) is 13.7 Å². The Hall–Kier alpha value is -3.19. The van der Waals surface area contributed by atoms with Crippen molar-refractivity contribution in [2.45, 2.75) is 12.8 Å². The van der Waals surface area contributed by atoms with E-state index in [2.05, 4.69) is 10.5 Å². The molecule has 2 aromatic rings. The molecule has 1 atom stereocenters. The lowest BCUT2D eigenvalue weighted by molar-refractivity contribution is 0.0947. The van der Waals surface area contributed by atoms with Crippen molar-refractivity contribution >= 4 is 17.5 Å². The van der Waals surface area contributed by atoms with Gasteiger partial charge in [-0.1, -0.05) is 28.9 Å². The van der Waals surface area contributed by atoms with Gasteiger partial charge in [-0.2, -0.15) is 0 Å². The van der Waals surface area contributed by atoms with Crippen molar-refractivity contribution in [1.82, 2.24) is 10.5 Å². The highest BCUT2D eigenvalue weighted by molar-refractivity contribution is 6.31. The van der Waals surface area contributed by atoms with Crippen LogP contribution in [0, 0.1) is 0 Å². The summed E-state index contributed by atoms with van der Waals surface area (Å²) in [5.41, 5.74) is 1.25. The molecule has 0 saturated carbocycles. The number of aliphatic hydroxyl groups is 2. The van der Waals surface area contributed by atoms with Gasteiger partial charge in [0, 0.05) is 12.6 Å². The van der Waals surface area contributed by atoms with Crippen LogP contribution in [0.15, 0.2) is 63.6 Å². The van der Waals surface area contributed by atoms with Crippen molar-refractivity contribution in [3.8, 4) is 16.9 Å². The van der Waals surface area contributed by atoms with E-state index >= 15 is 0 Å².